The summed E-state index contributed by atoms with van der Waals surface area (Å²) >= 11 is 0. The van der Waals surface area contributed by atoms with E-state index in [4.69, 9.17) is 10.5 Å². The summed E-state index contributed by atoms with van der Waals surface area (Å²) in [5, 5.41) is 0. The number of hydrogen-bond donors (Lipinski definition) is 1. The summed E-state index contributed by atoms with van der Waals surface area (Å²) in [6.45, 7) is 3.91. The molecule has 0 saturated heterocycles. The Balaban J connectivity index is 2.51. The van der Waals surface area contributed by atoms with E-state index in [1.54, 1.807) is 19.4 Å². The minimum atomic E-state index is 0.521. The molecule has 0 amide bonds. The van der Waals surface area contributed by atoms with E-state index >= 15 is 0 Å². The normalized spacial score (nSPS) is 10.4. The van der Waals surface area contributed by atoms with Crippen LogP contribution in [-0.4, -0.2) is 22.1 Å². The number of pyridine rings is 1. The summed E-state index contributed by atoms with van der Waals surface area (Å²) in [5.41, 5.74) is 8.51. The maximum Gasteiger partial charge on any atom is 0.212 e. The summed E-state index contributed by atoms with van der Waals surface area (Å²) in [6, 6.07) is 3.72. The monoisotopic (exact) mass is 244 g/mol. The number of nitrogens with zero attached hydrogens (tertiary/aromatic N) is 3. The number of nitrogen functional groups attached to an aromatic ring is 1. The van der Waals surface area contributed by atoms with Crippen molar-refractivity contribution in [2.45, 2.75) is 20.3 Å². The molecule has 2 rings (SSSR count). The van der Waals surface area contributed by atoms with Gasteiger partial charge in [-0.25, -0.2) is 15.0 Å². The van der Waals surface area contributed by atoms with Crippen LogP contribution in [0.25, 0.3) is 11.3 Å². The molecule has 0 radical (unpaired) electrons. The third-order valence-corrected chi connectivity index (χ3v) is 2.76. The van der Waals surface area contributed by atoms with Gasteiger partial charge in [-0.1, -0.05) is 6.92 Å². The van der Waals surface area contributed by atoms with Crippen LogP contribution < -0.4 is 10.5 Å². The predicted molar refractivity (Wildman–Crippen MR) is 70.3 cm³/mol. The Labute approximate surface area is 106 Å². The Morgan fingerprint density at radius 3 is 2.61 bits per heavy atom. The Hall–Kier alpha value is -2.17. The van der Waals surface area contributed by atoms with Crippen LogP contribution >= 0.6 is 0 Å². The smallest absolute Gasteiger partial charge is 0.212 e. The predicted octanol–water partition coefficient (Wildman–Crippen LogP) is 2.00. The highest BCUT2D eigenvalue weighted by Crippen LogP contribution is 2.24. The van der Waals surface area contributed by atoms with E-state index in [2.05, 4.69) is 15.0 Å². The van der Waals surface area contributed by atoms with Crippen LogP contribution in [0.2, 0.25) is 0 Å². The molecule has 5 nitrogen and oxygen atoms in total. The lowest BCUT2D eigenvalue weighted by Crippen LogP contribution is -2.04. The quantitative estimate of drug-likeness (QED) is 0.893. The first-order chi connectivity index (χ1) is 8.65. The van der Waals surface area contributed by atoms with E-state index in [1.165, 1.54) is 0 Å². The number of methoxy groups -OCH3 is 1. The first kappa shape index (κ1) is 12.3. The van der Waals surface area contributed by atoms with Crippen LogP contribution in [0.3, 0.4) is 0 Å². The third kappa shape index (κ3) is 2.25. The van der Waals surface area contributed by atoms with Gasteiger partial charge in [0.1, 0.15) is 11.6 Å². The molecule has 0 unspecified atom stereocenters. The topological polar surface area (TPSA) is 73.9 Å². The molecule has 0 fully saturated rings. The molecule has 2 heterocycles. The third-order valence-electron chi connectivity index (χ3n) is 2.76. The molecule has 0 aliphatic rings. The fourth-order valence-electron chi connectivity index (χ4n) is 1.66. The molecule has 0 saturated carbocycles. The SMILES string of the molecule is CCc1nc(N)c(C)c(-c2ccc(OC)nc2)n1. The van der Waals surface area contributed by atoms with Crippen LogP contribution in [0.1, 0.15) is 18.3 Å². The summed E-state index contributed by atoms with van der Waals surface area (Å²) in [7, 11) is 1.59. The molecule has 2 aromatic heterocycles. The molecule has 5 heteroatoms. The van der Waals surface area contributed by atoms with Gasteiger partial charge in [0.05, 0.1) is 12.8 Å². The average molecular weight is 244 g/mol. The lowest BCUT2D eigenvalue weighted by Gasteiger charge is -2.09. The minimum Gasteiger partial charge on any atom is -0.481 e. The van der Waals surface area contributed by atoms with Gasteiger partial charge in [0.25, 0.3) is 0 Å². The van der Waals surface area contributed by atoms with Gasteiger partial charge in [-0.3, -0.25) is 0 Å². The van der Waals surface area contributed by atoms with Crippen molar-refractivity contribution in [3.8, 4) is 17.1 Å². The molecule has 0 aliphatic heterocycles. The number of nitrogens with two attached hydrogens (primary N) is 1. The second-order valence-electron chi connectivity index (χ2n) is 3.94. The molecule has 0 atom stereocenters. The van der Waals surface area contributed by atoms with E-state index in [-0.39, 0.29) is 0 Å². The van der Waals surface area contributed by atoms with Gasteiger partial charge < -0.3 is 10.5 Å². The van der Waals surface area contributed by atoms with E-state index in [0.29, 0.717) is 11.7 Å². The van der Waals surface area contributed by atoms with Crippen molar-refractivity contribution >= 4 is 5.82 Å². The number of rotatable bonds is 3. The molecule has 0 spiro atoms. The summed E-state index contributed by atoms with van der Waals surface area (Å²) in [5.74, 6) is 1.84. The number of aryl methyl sites for hydroxylation is 1. The Bertz CT molecular complexity index is 552. The van der Waals surface area contributed by atoms with Crippen molar-refractivity contribution in [3.05, 3.63) is 29.7 Å². The zero-order chi connectivity index (χ0) is 13.1. The largest absolute Gasteiger partial charge is 0.481 e. The zero-order valence-corrected chi connectivity index (χ0v) is 10.8. The molecular weight excluding hydrogens is 228 g/mol. The van der Waals surface area contributed by atoms with Crippen molar-refractivity contribution in [2.24, 2.45) is 0 Å². The molecule has 0 aliphatic carbocycles. The standard InChI is InChI=1S/C13H16N4O/c1-4-10-16-12(8(2)13(14)17-10)9-5-6-11(18-3)15-7-9/h5-7H,4H2,1-3H3,(H2,14,16,17). The van der Waals surface area contributed by atoms with Gasteiger partial charge in [-0.2, -0.15) is 0 Å². The minimum absolute atomic E-state index is 0.521. The number of anilines is 1. The summed E-state index contributed by atoms with van der Waals surface area (Å²) < 4.78 is 5.04. The van der Waals surface area contributed by atoms with Crippen molar-refractivity contribution in [3.63, 3.8) is 0 Å². The van der Waals surface area contributed by atoms with Gasteiger partial charge in [-0.05, 0) is 13.0 Å². The second-order valence-corrected chi connectivity index (χ2v) is 3.94. The fourth-order valence-corrected chi connectivity index (χ4v) is 1.66. The van der Waals surface area contributed by atoms with Crippen LogP contribution in [0.15, 0.2) is 18.3 Å². The van der Waals surface area contributed by atoms with Gasteiger partial charge in [0.15, 0.2) is 0 Å². The summed E-state index contributed by atoms with van der Waals surface area (Å²) in [6.07, 6.45) is 2.48. The highest BCUT2D eigenvalue weighted by molar-refractivity contribution is 5.66. The van der Waals surface area contributed by atoms with E-state index in [9.17, 15) is 0 Å². The molecule has 18 heavy (non-hydrogen) atoms. The van der Waals surface area contributed by atoms with Crippen LogP contribution in [-0.2, 0) is 6.42 Å². The van der Waals surface area contributed by atoms with Crippen molar-refractivity contribution in [1.82, 2.24) is 15.0 Å². The molecular formula is C13H16N4O. The van der Waals surface area contributed by atoms with E-state index in [1.807, 2.05) is 19.9 Å². The van der Waals surface area contributed by atoms with Gasteiger partial charge >= 0.3 is 0 Å². The lowest BCUT2D eigenvalue weighted by molar-refractivity contribution is 0.398. The highest BCUT2D eigenvalue weighted by Gasteiger charge is 2.10. The molecule has 94 valence electrons. The number of aromatic nitrogens is 3. The molecule has 2 N–H and O–H groups in total. The Kier molecular flexibility index (Phi) is 3.41. The average Bonchev–Trinajstić information content (AvgIpc) is 2.42. The van der Waals surface area contributed by atoms with E-state index < -0.39 is 0 Å². The van der Waals surface area contributed by atoms with E-state index in [0.717, 1.165) is 29.1 Å². The lowest BCUT2D eigenvalue weighted by atomic mass is 10.1. The van der Waals surface area contributed by atoms with Gasteiger partial charge in [0.2, 0.25) is 5.88 Å². The Morgan fingerprint density at radius 1 is 1.28 bits per heavy atom. The van der Waals surface area contributed by atoms with Crippen LogP contribution in [0, 0.1) is 6.92 Å². The number of ether oxygens (including phenoxy) is 1. The van der Waals surface area contributed by atoms with Crippen molar-refractivity contribution in [2.75, 3.05) is 12.8 Å². The van der Waals surface area contributed by atoms with Crippen LogP contribution in [0.4, 0.5) is 5.82 Å². The first-order valence-electron chi connectivity index (χ1n) is 5.79. The second kappa shape index (κ2) is 5.00. The molecule has 0 aromatic carbocycles. The maximum absolute atomic E-state index is 5.89. The fraction of sp³-hybridized carbons (Fsp3) is 0.308. The number of hydrogen-bond acceptors (Lipinski definition) is 5. The van der Waals surface area contributed by atoms with Crippen molar-refractivity contribution < 1.29 is 4.74 Å². The zero-order valence-electron chi connectivity index (χ0n) is 10.8. The van der Waals surface area contributed by atoms with Gasteiger partial charge in [0, 0.05) is 29.8 Å². The van der Waals surface area contributed by atoms with Gasteiger partial charge in [-0.15, -0.1) is 0 Å². The van der Waals surface area contributed by atoms with Crippen molar-refractivity contribution in [1.29, 1.82) is 0 Å². The highest BCUT2D eigenvalue weighted by atomic mass is 16.5. The maximum atomic E-state index is 5.89. The molecule has 2 aromatic rings. The summed E-state index contributed by atoms with van der Waals surface area (Å²) in [4.78, 5) is 12.9. The first-order valence-corrected chi connectivity index (χ1v) is 5.79. The Morgan fingerprint density at radius 2 is 2.06 bits per heavy atom. The van der Waals surface area contributed by atoms with Crippen LogP contribution in [0.5, 0.6) is 5.88 Å². The molecule has 0 bridgehead atoms.